The van der Waals surface area contributed by atoms with Crippen molar-refractivity contribution < 1.29 is 14.6 Å². The van der Waals surface area contributed by atoms with Gasteiger partial charge in [-0.05, 0) is 50.4 Å². The molecule has 1 heterocycles. The monoisotopic (exact) mass is 306 g/mol. The average molecular weight is 306 g/mol. The molecule has 1 N–H and O–H groups in total. The van der Waals surface area contributed by atoms with Crippen LogP contribution in [0.2, 0.25) is 0 Å². The lowest BCUT2D eigenvalue weighted by atomic mass is 9.59. The molecule has 1 saturated heterocycles. The normalized spacial score (nSPS) is 37.9. The van der Waals surface area contributed by atoms with E-state index in [2.05, 4.69) is 19.2 Å². The van der Waals surface area contributed by atoms with Crippen LogP contribution in [0.3, 0.4) is 0 Å². The van der Waals surface area contributed by atoms with Gasteiger partial charge in [-0.2, -0.15) is 0 Å². The zero-order chi connectivity index (χ0) is 15.8. The topological polar surface area (TPSA) is 38.7 Å². The Labute approximate surface area is 134 Å². The summed E-state index contributed by atoms with van der Waals surface area (Å²) in [7, 11) is 0. The van der Waals surface area contributed by atoms with Gasteiger partial charge in [0, 0.05) is 12.3 Å². The van der Waals surface area contributed by atoms with E-state index in [0.717, 1.165) is 31.3 Å². The van der Waals surface area contributed by atoms with Gasteiger partial charge in [-0.3, -0.25) is 0 Å². The van der Waals surface area contributed by atoms with E-state index < -0.39 is 5.79 Å². The number of aliphatic hydroxyl groups excluding tert-OH is 1. The van der Waals surface area contributed by atoms with Gasteiger partial charge in [0.05, 0.1) is 19.3 Å². The van der Waals surface area contributed by atoms with Gasteiger partial charge in [0.15, 0.2) is 5.79 Å². The molecule has 3 fully saturated rings. The van der Waals surface area contributed by atoms with Crippen LogP contribution in [0.1, 0.15) is 51.9 Å². The van der Waals surface area contributed by atoms with Crippen LogP contribution in [-0.4, -0.2) is 30.2 Å². The van der Waals surface area contributed by atoms with Gasteiger partial charge in [-0.25, -0.2) is 0 Å². The number of hydrogen-bond donors (Lipinski definition) is 1. The number of fused-ring (bicyclic) bond motifs is 2. The highest BCUT2D eigenvalue weighted by atomic mass is 16.7. The lowest BCUT2D eigenvalue weighted by molar-refractivity contribution is -0.223. The van der Waals surface area contributed by atoms with E-state index in [9.17, 15) is 5.11 Å². The molecular weight excluding hydrogens is 276 g/mol. The fraction of sp³-hybridized carbons (Fsp3) is 0.789. The first-order valence-electron chi connectivity index (χ1n) is 8.74. The Bertz CT molecular complexity index is 438. The SMILES string of the molecule is C=CCC12CCCC([C@@H](O)CC(=C)C)C1C1(CC2)OCCO1. The molecule has 124 valence electrons. The Morgan fingerprint density at radius 1 is 1.32 bits per heavy atom. The molecule has 2 aliphatic carbocycles. The smallest absolute Gasteiger partial charge is 0.172 e. The Morgan fingerprint density at radius 2 is 2.05 bits per heavy atom. The predicted octanol–water partition coefficient (Wildman–Crippen LogP) is 3.83. The Kier molecular flexibility index (Phi) is 4.50. The van der Waals surface area contributed by atoms with Crippen LogP contribution in [0.4, 0.5) is 0 Å². The highest BCUT2D eigenvalue weighted by Gasteiger charge is 2.63. The molecule has 1 aliphatic heterocycles. The Hall–Kier alpha value is -0.640. The molecule has 1 spiro atoms. The largest absolute Gasteiger partial charge is 0.392 e. The summed E-state index contributed by atoms with van der Waals surface area (Å²) in [5.41, 5.74) is 1.25. The maximum atomic E-state index is 10.8. The Morgan fingerprint density at radius 3 is 2.68 bits per heavy atom. The second-order valence-electron chi connectivity index (χ2n) is 7.63. The van der Waals surface area contributed by atoms with Gasteiger partial charge in [-0.1, -0.05) is 18.1 Å². The first kappa shape index (κ1) is 16.2. The van der Waals surface area contributed by atoms with Crippen LogP contribution in [0.15, 0.2) is 24.8 Å². The molecule has 3 nitrogen and oxygen atoms in total. The standard InChI is InChI=1S/C19H30O3/c1-4-7-18-8-5-6-15(16(20)13-14(2)3)17(18)19(10-9-18)21-11-12-22-19/h4,15-17,20H,1-2,5-13H2,3H3/t15?,16-,17?,18?/m0/s1. The molecule has 0 aromatic heterocycles. The molecular formula is C19H30O3. The molecule has 22 heavy (non-hydrogen) atoms. The van der Waals surface area contributed by atoms with Crippen LogP contribution in [-0.2, 0) is 9.47 Å². The van der Waals surface area contributed by atoms with Crippen LogP contribution in [0.5, 0.6) is 0 Å². The second kappa shape index (κ2) is 6.10. The molecule has 4 atom stereocenters. The van der Waals surface area contributed by atoms with Crippen molar-refractivity contribution in [2.75, 3.05) is 13.2 Å². The number of rotatable bonds is 5. The summed E-state index contributed by atoms with van der Waals surface area (Å²) in [5, 5.41) is 10.8. The van der Waals surface area contributed by atoms with Gasteiger partial charge in [-0.15, -0.1) is 13.2 Å². The minimum Gasteiger partial charge on any atom is -0.392 e. The fourth-order valence-electron chi connectivity index (χ4n) is 5.45. The predicted molar refractivity (Wildman–Crippen MR) is 87.4 cm³/mol. The van der Waals surface area contributed by atoms with E-state index in [4.69, 9.17) is 9.47 Å². The molecule has 2 saturated carbocycles. The summed E-state index contributed by atoms with van der Waals surface area (Å²) in [5.74, 6) is 0.0686. The molecule has 3 rings (SSSR count). The molecule has 3 aliphatic rings. The minimum atomic E-state index is -0.454. The molecule has 0 bridgehead atoms. The summed E-state index contributed by atoms with van der Waals surface area (Å²) in [6.45, 7) is 11.3. The van der Waals surface area contributed by atoms with Crippen molar-refractivity contribution in [1.82, 2.24) is 0 Å². The molecule has 0 aromatic carbocycles. The average Bonchev–Trinajstić information content (AvgIpc) is 3.06. The molecule has 3 unspecified atom stereocenters. The van der Waals surface area contributed by atoms with Crippen molar-refractivity contribution >= 4 is 0 Å². The third kappa shape index (κ3) is 2.57. The Balaban J connectivity index is 1.92. The maximum absolute atomic E-state index is 10.8. The van der Waals surface area contributed by atoms with Crippen molar-refractivity contribution in [2.24, 2.45) is 17.3 Å². The zero-order valence-corrected chi connectivity index (χ0v) is 13.9. The third-order valence-electron chi connectivity index (χ3n) is 6.12. The van der Waals surface area contributed by atoms with E-state index in [1.165, 1.54) is 12.8 Å². The highest BCUT2D eigenvalue weighted by Crippen LogP contribution is 2.63. The van der Waals surface area contributed by atoms with Crippen molar-refractivity contribution in [2.45, 2.75) is 63.8 Å². The quantitative estimate of drug-likeness (QED) is 0.785. The fourth-order valence-corrected chi connectivity index (χ4v) is 5.45. The summed E-state index contributed by atoms with van der Waals surface area (Å²) in [6.07, 6.45) is 8.93. The van der Waals surface area contributed by atoms with Gasteiger partial charge in [0.25, 0.3) is 0 Å². The summed E-state index contributed by atoms with van der Waals surface area (Å²) >= 11 is 0. The molecule has 0 amide bonds. The first-order chi connectivity index (χ1) is 10.5. The van der Waals surface area contributed by atoms with E-state index in [-0.39, 0.29) is 23.4 Å². The molecule has 0 aromatic rings. The van der Waals surface area contributed by atoms with Crippen LogP contribution in [0.25, 0.3) is 0 Å². The van der Waals surface area contributed by atoms with Gasteiger partial charge in [0.2, 0.25) is 0 Å². The van der Waals surface area contributed by atoms with Crippen LogP contribution in [0, 0.1) is 17.3 Å². The zero-order valence-electron chi connectivity index (χ0n) is 13.9. The number of allylic oxidation sites excluding steroid dienone is 1. The maximum Gasteiger partial charge on any atom is 0.172 e. The van der Waals surface area contributed by atoms with Gasteiger partial charge in [0.1, 0.15) is 0 Å². The van der Waals surface area contributed by atoms with Gasteiger partial charge >= 0.3 is 0 Å². The highest BCUT2D eigenvalue weighted by molar-refractivity contribution is 5.11. The van der Waals surface area contributed by atoms with Crippen molar-refractivity contribution in [3.05, 3.63) is 24.8 Å². The first-order valence-corrected chi connectivity index (χ1v) is 8.74. The number of aliphatic hydroxyl groups is 1. The van der Waals surface area contributed by atoms with E-state index >= 15 is 0 Å². The third-order valence-corrected chi connectivity index (χ3v) is 6.12. The second-order valence-corrected chi connectivity index (χ2v) is 7.63. The van der Waals surface area contributed by atoms with Crippen molar-refractivity contribution in [3.8, 4) is 0 Å². The van der Waals surface area contributed by atoms with Crippen molar-refractivity contribution in [3.63, 3.8) is 0 Å². The van der Waals surface area contributed by atoms with Crippen LogP contribution >= 0.6 is 0 Å². The molecule has 0 radical (unpaired) electrons. The summed E-state index contributed by atoms with van der Waals surface area (Å²) < 4.78 is 12.3. The number of ether oxygens (including phenoxy) is 2. The van der Waals surface area contributed by atoms with Gasteiger partial charge < -0.3 is 14.6 Å². The van der Waals surface area contributed by atoms with Crippen molar-refractivity contribution in [1.29, 1.82) is 0 Å². The van der Waals surface area contributed by atoms with Crippen LogP contribution < -0.4 is 0 Å². The lowest BCUT2D eigenvalue weighted by Crippen LogP contribution is -2.51. The van der Waals surface area contributed by atoms with E-state index in [0.29, 0.717) is 19.6 Å². The minimum absolute atomic E-state index is 0.199. The summed E-state index contributed by atoms with van der Waals surface area (Å²) in [6, 6.07) is 0. The lowest BCUT2D eigenvalue weighted by Gasteiger charge is -2.49. The van der Waals surface area contributed by atoms with E-state index in [1.807, 2.05) is 6.92 Å². The number of hydrogen-bond acceptors (Lipinski definition) is 3. The van der Waals surface area contributed by atoms with E-state index in [1.54, 1.807) is 0 Å². The molecule has 3 heteroatoms. The summed E-state index contributed by atoms with van der Waals surface area (Å²) in [4.78, 5) is 0.